The summed E-state index contributed by atoms with van der Waals surface area (Å²) in [7, 11) is 1.91. The second-order valence-electron chi connectivity index (χ2n) is 6.76. The van der Waals surface area contributed by atoms with Crippen molar-refractivity contribution in [3.63, 3.8) is 0 Å². The molecule has 3 aromatic carbocycles. The van der Waals surface area contributed by atoms with Crippen molar-refractivity contribution < 1.29 is 10.2 Å². The smallest absolute Gasteiger partial charge is 0.116 e. The van der Waals surface area contributed by atoms with E-state index in [0.717, 1.165) is 40.0 Å². The molecule has 0 unspecified atom stereocenters. The first-order valence-corrected chi connectivity index (χ1v) is 8.94. The number of aryl methyl sites for hydroxylation is 1. The molecular weight excluding hydrogens is 336 g/mol. The molecule has 27 heavy (non-hydrogen) atoms. The zero-order valence-corrected chi connectivity index (χ0v) is 15.4. The predicted octanol–water partition coefficient (Wildman–Crippen LogP) is 5.12. The van der Waals surface area contributed by atoms with Gasteiger partial charge in [0.05, 0.1) is 5.69 Å². The molecule has 4 rings (SSSR count). The van der Waals surface area contributed by atoms with E-state index < -0.39 is 0 Å². The van der Waals surface area contributed by atoms with E-state index in [2.05, 4.69) is 41.1 Å². The minimum Gasteiger partial charge on any atom is -0.508 e. The quantitative estimate of drug-likeness (QED) is 0.475. The summed E-state index contributed by atoms with van der Waals surface area (Å²) in [5, 5.41) is 23.8. The number of hydrogen-bond donors (Lipinski definition) is 3. The fourth-order valence-electron chi connectivity index (χ4n) is 3.63. The van der Waals surface area contributed by atoms with Crippen LogP contribution < -0.4 is 5.32 Å². The van der Waals surface area contributed by atoms with Gasteiger partial charge in [-0.05, 0) is 78.2 Å². The van der Waals surface area contributed by atoms with E-state index in [4.69, 9.17) is 0 Å². The lowest BCUT2D eigenvalue weighted by atomic mass is 10.1. The number of aromatic nitrogens is 1. The SMILES string of the molecule is CNc1ccc(Cn2c(-c3ccc(O)cc3)c(C)c3cc(O)ccc32)cc1. The Bertz CT molecular complexity index is 1090. The summed E-state index contributed by atoms with van der Waals surface area (Å²) in [6.45, 7) is 2.79. The molecule has 0 amide bonds. The summed E-state index contributed by atoms with van der Waals surface area (Å²) in [6, 6.07) is 21.1. The standard InChI is InChI=1S/C23H22N2O2/c1-15-21-13-20(27)11-12-22(21)25(14-16-3-7-18(24-2)8-4-16)23(15)17-5-9-19(26)10-6-17/h3-13,24,26-27H,14H2,1-2H3. The Hall–Kier alpha value is -3.40. The summed E-state index contributed by atoms with van der Waals surface area (Å²) in [5.41, 5.74) is 6.58. The zero-order chi connectivity index (χ0) is 19.0. The van der Waals surface area contributed by atoms with Crippen molar-refractivity contribution in [1.29, 1.82) is 0 Å². The molecule has 3 N–H and O–H groups in total. The predicted molar refractivity (Wildman–Crippen MR) is 111 cm³/mol. The number of hydrogen-bond acceptors (Lipinski definition) is 3. The Morgan fingerprint density at radius 1 is 0.852 bits per heavy atom. The summed E-state index contributed by atoms with van der Waals surface area (Å²) in [6.07, 6.45) is 0. The second-order valence-corrected chi connectivity index (χ2v) is 6.76. The number of nitrogens with one attached hydrogen (secondary N) is 1. The monoisotopic (exact) mass is 358 g/mol. The van der Waals surface area contributed by atoms with E-state index in [1.807, 2.05) is 31.3 Å². The maximum Gasteiger partial charge on any atom is 0.116 e. The van der Waals surface area contributed by atoms with Crippen molar-refractivity contribution in [1.82, 2.24) is 4.57 Å². The van der Waals surface area contributed by atoms with Gasteiger partial charge >= 0.3 is 0 Å². The van der Waals surface area contributed by atoms with Gasteiger partial charge in [-0.1, -0.05) is 12.1 Å². The topological polar surface area (TPSA) is 57.4 Å². The third-order valence-electron chi connectivity index (χ3n) is 5.02. The molecule has 0 bridgehead atoms. The minimum atomic E-state index is 0.249. The summed E-state index contributed by atoms with van der Waals surface area (Å²) >= 11 is 0. The number of benzene rings is 3. The number of anilines is 1. The van der Waals surface area contributed by atoms with Gasteiger partial charge in [-0.2, -0.15) is 0 Å². The molecule has 1 heterocycles. The van der Waals surface area contributed by atoms with Crippen LogP contribution in [0.2, 0.25) is 0 Å². The first kappa shape index (κ1) is 17.0. The fourth-order valence-corrected chi connectivity index (χ4v) is 3.63. The highest BCUT2D eigenvalue weighted by Gasteiger charge is 2.16. The van der Waals surface area contributed by atoms with E-state index in [-0.39, 0.29) is 11.5 Å². The maximum atomic E-state index is 9.96. The highest BCUT2D eigenvalue weighted by Crippen LogP contribution is 2.36. The van der Waals surface area contributed by atoms with Crippen molar-refractivity contribution in [3.05, 3.63) is 77.9 Å². The molecule has 4 heteroatoms. The van der Waals surface area contributed by atoms with Crippen LogP contribution in [0.5, 0.6) is 11.5 Å². The highest BCUT2D eigenvalue weighted by atomic mass is 16.3. The summed E-state index contributed by atoms with van der Waals surface area (Å²) < 4.78 is 2.27. The van der Waals surface area contributed by atoms with Crippen molar-refractivity contribution in [2.45, 2.75) is 13.5 Å². The van der Waals surface area contributed by atoms with Crippen LogP contribution in [0.15, 0.2) is 66.7 Å². The third kappa shape index (κ3) is 3.10. The van der Waals surface area contributed by atoms with E-state index in [0.29, 0.717) is 0 Å². The van der Waals surface area contributed by atoms with Crippen LogP contribution in [-0.2, 0) is 6.54 Å². The van der Waals surface area contributed by atoms with Crippen LogP contribution in [0.4, 0.5) is 5.69 Å². The van der Waals surface area contributed by atoms with Crippen LogP contribution >= 0.6 is 0 Å². The second kappa shape index (κ2) is 6.72. The Morgan fingerprint density at radius 2 is 1.52 bits per heavy atom. The Labute approximate surface area is 158 Å². The van der Waals surface area contributed by atoms with Crippen molar-refractivity contribution in [2.75, 3.05) is 12.4 Å². The van der Waals surface area contributed by atoms with Crippen molar-refractivity contribution in [2.24, 2.45) is 0 Å². The Morgan fingerprint density at radius 3 is 2.19 bits per heavy atom. The van der Waals surface area contributed by atoms with E-state index >= 15 is 0 Å². The first-order chi connectivity index (χ1) is 13.1. The molecule has 0 aliphatic rings. The lowest BCUT2D eigenvalue weighted by Crippen LogP contribution is -2.02. The molecule has 0 aliphatic heterocycles. The fraction of sp³-hybridized carbons (Fsp3) is 0.130. The molecule has 136 valence electrons. The molecule has 0 saturated carbocycles. The average molecular weight is 358 g/mol. The molecule has 0 fully saturated rings. The third-order valence-corrected chi connectivity index (χ3v) is 5.02. The molecule has 0 spiro atoms. The van der Waals surface area contributed by atoms with Crippen LogP contribution in [0, 0.1) is 6.92 Å². The molecule has 0 atom stereocenters. The van der Waals surface area contributed by atoms with Crippen molar-refractivity contribution in [3.8, 4) is 22.8 Å². The first-order valence-electron chi connectivity index (χ1n) is 8.94. The lowest BCUT2D eigenvalue weighted by molar-refractivity contribution is 0.475. The number of nitrogens with zero attached hydrogens (tertiary/aromatic N) is 1. The van der Waals surface area contributed by atoms with Gasteiger partial charge in [0.15, 0.2) is 0 Å². The zero-order valence-electron chi connectivity index (χ0n) is 15.4. The normalized spacial score (nSPS) is 11.0. The van der Waals surface area contributed by atoms with Gasteiger partial charge in [0.25, 0.3) is 0 Å². The number of rotatable bonds is 4. The van der Waals surface area contributed by atoms with E-state index in [9.17, 15) is 10.2 Å². The Balaban J connectivity index is 1.90. The minimum absolute atomic E-state index is 0.249. The summed E-state index contributed by atoms with van der Waals surface area (Å²) in [5.74, 6) is 0.512. The number of aromatic hydroxyl groups is 2. The van der Waals surface area contributed by atoms with Gasteiger partial charge in [-0.3, -0.25) is 0 Å². The molecule has 4 aromatic rings. The van der Waals surface area contributed by atoms with Crippen LogP contribution in [0.1, 0.15) is 11.1 Å². The lowest BCUT2D eigenvalue weighted by Gasteiger charge is -2.13. The molecule has 1 aromatic heterocycles. The number of phenolic OH excluding ortho intramolecular Hbond substituents is 2. The van der Waals surface area contributed by atoms with Crippen LogP contribution in [0.3, 0.4) is 0 Å². The summed E-state index contributed by atoms with van der Waals surface area (Å²) in [4.78, 5) is 0. The Kier molecular flexibility index (Phi) is 4.24. The van der Waals surface area contributed by atoms with Crippen molar-refractivity contribution >= 4 is 16.6 Å². The van der Waals surface area contributed by atoms with Gasteiger partial charge in [0.2, 0.25) is 0 Å². The molecule has 0 saturated heterocycles. The van der Waals surface area contributed by atoms with Crippen LogP contribution in [-0.4, -0.2) is 21.8 Å². The molecule has 0 aliphatic carbocycles. The maximum absolute atomic E-state index is 9.96. The van der Waals surface area contributed by atoms with E-state index in [1.165, 1.54) is 5.56 Å². The molecule has 0 radical (unpaired) electrons. The number of fused-ring (bicyclic) bond motifs is 1. The van der Waals surface area contributed by atoms with Crippen LogP contribution in [0.25, 0.3) is 22.2 Å². The molecule has 4 nitrogen and oxygen atoms in total. The van der Waals surface area contributed by atoms with Gasteiger partial charge < -0.3 is 20.1 Å². The van der Waals surface area contributed by atoms with Gasteiger partial charge in [0, 0.05) is 30.2 Å². The number of phenols is 2. The molecular formula is C23H22N2O2. The average Bonchev–Trinajstić information content (AvgIpc) is 2.94. The van der Waals surface area contributed by atoms with E-state index in [1.54, 1.807) is 18.2 Å². The van der Waals surface area contributed by atoms with Gasteiger partial charge in [0.1, 0.15) is 11.5 Å². The highest BCUT2D eigenvalue weighted by molar-refractivity contribution is 5.92. The van der Waals surface area contributed by atoms with Gasteiger partial charge in [-0.25, -0.2) is 0 Å². The largest absolute Gasteiger partial charge is 0.508 e. The van der Waals surface area contributed by atoms with Gasteiger partial charge in [-0.15, -0.1) is 0 Å².